The molecule has 162 valence electrons. The van der Waals surface area contributed by atoms with Gasteiger partial charge in [-0.1, -0.05) is 35.5 Å². The molecule has 2 aliphatic heterocycles. The molecule has 3 heterocycles. The Morgan fingerprint density at radius 3 is 2.41 bits per heavy atom. The van der Waals surface area contributed by atoms with Crippen LogP contribution in [0, 0.1) is 0 Å². The number of carbonyl (C=O) groups excluding carboxylic acids is 3. The van der Waals surface area contributed by atoms with E-state index in [9.17, 15) is 14.4 Å². The molecule has 9 heteroatoms. The van der Waals surface area contributed by atoms with E-state index in [-0.39, 0.29) is 18.4 Å². The van der Waals surface area contributed by atoms with Gasteiger partial charge in [0.1, 0.15) is 12.3 Å². The van der Waals surface area contributed by atoms with Crippen molar-refractivity contribution < 1.29 is 23.6 Å². The summed E-state index contributed by atoms with van der Waals surface area (Å²) in [6.07, 6.45) is 0.475. The molecule has 5 rings (SSSR count). The highest BCUT2D eigenvalue weighted by Gasteiger charge is 2.40. The molecule has 1 saturated heterocycles. The van der Waals surface area contributed by atoms with Crippen molar-refractivity contribution in [2.45, 2.75) is 12.3 Å². The Balaban J connectivity index is 1.18. The van der Waals surface area contributed by atoms with Gasteiger partial charge in [-0.15, -0.1) is 0 Å². The lowest BCUT2D eigenvalue weighted by atomic mass is 10.00. The summed E-state index contributed by atoms with van der Waals surface area (Å²) < 4.78 is 10.7. The van der Waals surface area contributed by atoms with E-state index in [1.54, 1.807) is 36.3 Å². The second kappa shape index (κ2) is 7.92. The van der Waals surface area contributed by atoms with Gasteiger partial charge in [-0.3, -0.25) is 19.3 Å². The first-order valence-electron chi connectivity index (χ1n) is 10.2. The van der Waals surface area contributed by atoms with Gasteiger partial charge in [0, 0.05) is 25.1 Å². The van der Waals surface area contributed by atoms with E-state index in [1.165, 1.54) is 0 Å². The normalized spacial score (nSPS) is 15.7. The fourth-order valence-corrected chi connectivity index (χ4v) is 3.98. The summed E-state index contributed by atoms with van der Waals surface area (Å²) >= 11 is 0. The molecule has 0 atom stereocenters. The Morgan fingerprint density at radius 2 is 1.72 bits per heavy atom. The smallest absolute Gasteiger partial charge is 0.262 e. The van der Waals surface area contributed by atoms with Crippen molar-refractivity contribution >= 4 is 17.7 Å². The van der Waals surface area contributed by atoms with Crippen LogP contribution >= 0.6 is 0 Å². The van der Waals surface area contributed by atoms with Gasteiger partial charge in [-0.25, -0.2) is 0 Å². The van der Waals surface area contributed by atoms with Crippen molar-refractivity contribution in [2.75, 3.05) is 26.7 Å². The van der Waals surface area contributed by atoms with Gasteiger partial charge in [0.2, 0.25) is 11.8 Å². The van der Waals surface area contributed by atoms with Gasteiger partial charge in [-0.05, 0) is 18.2 Å². The largest absolute Gasteiger partial charge is 0.496 e. The predicted molar refractivity (Wildman–Crippen MR) is 111 cm³/mol. The van der Waals surface area contributed by atoms with Crippen LogP contribution in [0.5, 0.6) is 5.75 Å². The molecule has 0 saturated carbocycles. The lowest BCUT2D eigenvalue weighted by Gasteiger charge is -2.37. The number of rotatable bonds is 6. The highest BCUT2D eigenvalue weighted by atomic mass is 16.5. The molecule has 3 amide bonds. The summed E-state index contributed by atoms with van der Waals surface area (Å²) in [4.78, 5) is 44.6. The summed E-state index contributed by atoms with van der Waals surface area (Å²) in [6.45, 7) is 0.526. The Labute approximate surface area is 183 Å². The number of methoxy groups -OCH3 is 1. The van der Waals surface area contributed by atoms with Gasteiger partial charge in [0.15, 0.2) is 5.82 Å². The number of carbonyl (C=O) groups is 3. The minimum absolute atomic E-state index is 0.0694. The highest BCUT2D eigenvalue weighted by molar-refractivity contribution is 6.22. The zero-order chi connectivity index (χ0) is 22.2. The molecule has 3 aromatic rings. The second-order valence-corrected chi connectivity index (χ2v) is 7.78. The van der Waals surface area contributed by atoms with Crippen LogP contribution in [0.3, 0.4) is 0 Å². The molecule has 0 unspecified atom stereocenters. The van der Waals surface area contributed by atoms with Crippen molar-refractivity contribution in [1.82, 2.24) is 19.9 Å². The average molecular weight is 432 g/mol. The van der Waals surface area contributed by atoms with Crippen LogP contribution < -0.4 is 4.74 Å². The molecule has 1 aromatic heterocycles. The first-order chi connectivity index (χ1) is 15.5. The molecular formula is C23H20N4O5. The lowest BCUT2D eigenvalue weighted by molar-refractivity contribution is -0.136. The minimum atomic E-state index is -0.436. The maximum atomic E-state index is 12.6. The van der Waals surface area contributed by atoms with Gasteiger partial charge in [0.05, 0.1) is 24.2 Å². The standard InChI is InChI=1S/C23H20N4O5/c1-31-18-9-5-2-6-14(18)10-19-24-21(32-25-19)15-11-26(12-15)20(28)13-27-22(29)16-7-3-4-8-17(16)23(27)30/h2-9,15H,10-13H2,1H3. The first-order valence-corrected chi connectivity index (χ1v) is 10.2. The van der Waals surface area contributed by atoms with E-state index in [2.05, 4.69) is 10.1 Å². The number of benzene rings is 2. The quantitative estimate of drug-likeness (QED) is 0.548. The van der Waals surface area contributed by atoms with Gasteiger partial charge in [-0.2, -0.15) is 4.98 Å². The van der Waals surface area contributed by atoms with Crippen LogP contribution in [0.15, 0.2) is 53.1 Å². The summed E-state index contributed by atoms with van der Waals surface area (Å²) in [5.41, 5.74) is 1.62. The van der Waals surface area contributed by atoms with Crippen molar-refractivity contribution in [3.8, 4) is 5.75 Å². The van der Waals surface area contributed by atoms with Crippen molar-refractivity contribution in [1.29, 1.82) is 0 Å². The summed E-state index contributed by atoms with van der Waals surface area (Å²) in [5, 5.41) is 4.04. The number of ether oxygens (including phenoxy) is 1. The van der Waals surface area contributed by atoms with E-state index in [4.69, 9.17) is 9.26 Å². The number of hydrogen-bond donors (Lipinski definition) is 0. The number of hydrogen-bond acceptors (Lipinski definition) is 7. The van der Waals surface area contributed by atoms with Crippen molar-refractivity contribution in [3.05, 3.63) is 76.9 Å². The molecule has 0 spiro atoms. The molecule has 0 N–H and O–H groups in total. The zero-order valence-corrected chi connectivity index (χ0v) is 17.4. The number of fused-ring (bicyclic) bond motifs is 1. The van der Waals surface area contributed by atoms with Crippen molar-refractivity contribution in [3.63, 3.8) is 0 Å². The third-order valence-corrected chi connectivity index (χ3v) is 5.78. The number of aromatic nitrogens is 2. The van der Waals surface area contributed by atoms with Crippen LogP contribution in [0.1, 0.15) is 43.9 Å². The fourth-order valence-electron chi connectivity index (χ4n) is 3.98. The molecule has 1 fully saturated rings. The number of likely N-dealkylation sites (tertiary alicyclic amines) is 1. The first kappa shape index (κ1) is 19.9. The predicted octanol–water partition coefficient (Wildman–Crippen LogP) is 1.89. The molecule has 2 aliphatic rings. The number of para-hydroxylation sites is 1. The summed E-state index contributed by atoms with van der Waals surface area (Å²) in [6, 6.07) is 14.2. The van der Waals surface area contributed by atoms with Crippen LogP contribution in [0.4, 0.5) is 0 Å². The fraction of sp³-hybridized carbons (Fsp3) is 0.261. The summed E-state index contributed by atoms with van der Waals surface area (Å²) in [5.74, 6) is 0.541. The second-order valence-electron chi connectivity index (χ2n) is 7.78. The Bertz CT molecular complexity index is 1180. The van der Waals surface area contributed by atoms with Crippen LogP contribution in [-0.4, -0.2) is 64.4 Å². The van der Waals surface area contributed by atoms with E-state index >= 15 is 0 Å². The Morgan fingerprint density at radius 1 is 1.06 bits per heavy atom. The third-order valence-electron chi connectivity index (χ3n) is 5.78. The molecule has 32 heavy (non-hydrogen) atoms. The van der Waals surface area contributed by atoms with Gasteiger partial charge >= 0.3 is 0 Å². The number of nitrogens with zero attached hydrogens (tertiary/aromatic N) is 4. The number of amides is 3. The van der Waals surface area contributed by atoms with Crippen LogP contribution in [-0.2, 0) is 11.2 Å². The highest BCUT2D eigenvalue weighted by Crippen LogP contribution is 2.28. The number of imide groups is 1. The Hall–Kier alpha value is -4.01. The summed E-state index contributed by atoms with van der Waals surface area (Å²) in [7, 11) is 1.61. The molecule has 0 bridgehead atoms. The van der Waals surface area contributed by atoms with E-state index in [1.807, 2.05) is 24.3 Å². The molecule has 2 aromatic carbocycles. The maximum absolute atomic E-state index is 12.6. The van der Waals surface area contributed by atoms with E-state index in [0.717, 1.165) is 16.2 Å². The third kappa shape index (κ3) is 3.41. The maximum Gasteiger partial charge on any atom is 0.262 e. The van der Waals surface area contributed by atoms with E-state index < -0.39 is 11.8 Å². The SMILES string of the molecule is COc1ccccc1Cc1noc(C2CN(C(=O)CN3C(=O)c4ccccc4C3=O)C2)n1. The van der Waals surface area contributed by atoms with Crippen molar-refractivity contribution in [2.24, 2.45) is 0 Å². The van der Waals surface area contributed by atoms with Gasteiger partial charge in [0.25, 0.3) is 11.8 Å². The molecular weight excluding hydrogens is 412 g/mol. The monoisotopic (exact) mass is 432 g/mol. The Kier molecular flexibility index (Phi) is 4.93. The van der Waals surface area contributed by atoms with Gasteiger partial charge < -0.3 is 14.2 Å². The van der Waals surface area contributed by atoms with Crippen LogP contribution in [0.25, 0.3) is 0 Å². The van der Waals surface area contributed by atoms with E-state index in [0.29, 0.717) is 42.4 Å². The molecule has 9 nitrogen and oxygen atoms in total. The minimum Gasteiger partial charge on any atom is -0.496 e. The molecule has 0 aliphatic carbocycles. The molecule has 0 radical (unpaired) electrons. The average Bonchev–Trinajstić information content (AvgIpc) is 3.32. The lowest BCUT2D eigenvalue weighted by Crippen LogP contribution is -2.52. The zero-order valence-electron chi connectivity index (χ0n) is 17.4. The van der Waals surface area contributed by atoms with Crippen LogP contribution in [0.2, 0.25) is 0 Å². The topological polar surface area (TPSA) is 106 Å².